The average Bonchev–Trinajstić information content (AvgIpc) is 2.01. The predicted molar refractivity (Wildman–Crippen MR) is 39.0 cm³/mol. The summed E-state index contributed by atoms with van der Waals surface area (Å²) in [5.41, 5.74) is 0. The minimum absolute atomic E-state index is 0. The summed E-state index contributed by atoms with van der Waals surface area (Å²) < 4.78 is 4.31. The third-order valence-corrected chi connectivity index (χ3v) is 0.529. The van der Waals surface area contributed by atoms with Crippen LogP contribution >= 0.6 is 0 Å². The first-order chi connectivity index (χ1) is 5.54. The summed E-state index contributed by atoms with van der Waals surface area (Å²) in [4.78, 5) is 19.0. The maximum Gasteiger partial charge on any atom is 1.00 e. The van der Waals surface area contributed by atoms with E-state index in [0.29, 0.717) is 12.2 Å². The molecule has 0 aromatic carbocycles. The van der Waals surface area contributed by atoms with Gasteiger partial charge in [0.1, 0.15) is 0 Å². The van der Waals surface area contributed by atoms with Crippen molar-refractivity contribution in [3.8, 4) is 0 Å². The number of carboxylic acid groups (broad SMARTS) is 2. The molecule has 0 radical (unpaired) electrons. The van der Waals surface area contributed by atoms with Gasteiger partial charge in [0.2, 0.25) is 0 Å². The molecule has 0 aromatic heterocycles. The normalized spacial score (nSPS) is 7.46. The Morgan fingerprint density at radius 3 is 1.92 bits per heavy atom. The zero-order valence-electron chi connectivity index (χ0n) is 7.52. The molecule has 0 saturated heterocycles. The van der Waals surface area contributed by atoms with Gasteiger partial charge in [0.25, 0.3) is 0 Å². The van der Waals surface area contributed by atoms with Crippen molar-refractivity contribution >= 4 is 11.9 Å². The van der Waals surface area contributed by atoms with Crippen LogP contribution in [0.1, 0.15) is 0 Å². The van der Waals surface area contributed by atoms with Crippen molar-refractivity contribution in [2.75, 3.05) is 7.11 Å². The van der Waals surface area contributed by atoms with Crippen molar-refractivity contribution in [1.29, 1.82) is 0 Å². The third-order valence-electron chi connectivity index (χ3n) is 0.529. The summed E-state index contributed by atoms with van der Waals surface area (Å²) in [6.45, 7) is 3.26. The minimum atomic E-state index is -1.51. The first-order valence-electron chi connectivity index (χ1n) is 2.80. The van der Waals surface area contributed by atoms with Crippen LogP contribution in [0.5, 0.6) is 0 Å². The Kier molecular flexibility index (Phi) is 19.2. The minimum Gasteiger partial charge on any atom is -0.545 e. The number of ether oxygens (including phenoxy) is 1. The van der Waals surface area contributed by atoms with Gasteiger partial charge in [0, 0.05) is 6.08 Å². The molecule has 0 rings (SSSR count). The Bertz CT molecular complexity index is 171. The Labute approximate surface area is 98.0 Å². The standard InChI is InChI=1S/C4H4O4.C3H6O.Na/c5-3(6)1-2-4(7)8;1-3-4-2;/h1-2H,(H,5,6)(H,7,8);3H,1H2,2H3;/q;;+1/p-1/b2-1-;;. The fourth-order valence-electron chi connectivity index (χ4n) is 0.139. The fourth-order valence-corrected chi connectivity index (χ4v) is 0.139. The van der Waals surface area contributed by atoms with E-state index in [1.807, 2.05) is 0 Å². The molecule has 0 amide bonds. The van der Waals surface area contributed by atoms with E-state index in [-0.39, 0.29) is 29.6 Å². The predicted octanol–water partition coefficient (Wildman–Crippen LogP) is -3.84. The quantitative estimate of drug-likeness (QED) is 0.284. The summed E-state index contributed by atoms with van der Waals surface area (Å²) in [5.74, 6) is -2.80. The van der Waals surface area contributed by atoms with Gasteiger partial charge in [0.05, 0.1) is 19.3 Å². The average molecular weight is 196 g/mol. The largest absolute Gasteiger partial charge is 1.00 e. The van der Waals surface area contributed by atoms with Gasteiger partial charge in [-0.3, -0.25) is 0 Å². The van der Waals surface area contributed by atoms with Gasteiger partial charge < -0.3 is 19.7 Å². The van der Waals surface area contributed by atoms with E-state index in [1.54, 1.807) is 7.11 Å². The molecular formula is C7H9NaO5. The summed E-state index contributed by atoms with van der Waals surface area (Å²) in [6, 6.07) is 0. The number of carbonyl (C=O) groups is 2. The van der Waals surface area contributed by atoms with Crippen molar-refractivity contribution < 1.29 is 54.1 Å². The van der Waals surface area contributed by atoms with E-state index in [0.717, 1.165) is 0 Å². The van der Waals surface area contributed by atoms with E-state index in [1.165, 1.54) is 6.26 Å². The first kappa shape index (κ1) is 18.1. The van der Waals surface area contributed by atoms with E-state index in [9.17, 15) is 14.7 Å². The zero-order valence-corrected chi connectivity index (χ0v) is 9.52. The van der Waals surface area contributed by atoms with Gasteiger partial charge in [-0.1, -0.05) is 6.58 Å². The molecule has 1 N–H and O–H groups in total. The van der Waals surface area contributed by atoms with Crippen LogP contribution < -0.4 is 34.7 Å². The number of hydrogen-bond donors (Lipinski definition) is 1. The smallest absolute Gasteiger partial charge is 0.545 e. The Balaban J connectivity index is -0.000000173. The van der Waals surface area contributed by atoms with Crippen LogP contribution in [0, 0.1) is 0 Å². The van der Waals surface area contributed by atoms with Crippen LogP contribution in [-0.2, 0) is 14.3 Å². The van der Waals surface area contributed by atoms with E-state index >= 15 is 0 Å². The van der Waals surface area contributed by atoms with Crippen molar-refractivity contribution in [1.82, 2.24) is 0 Å². The molecule has 0 atom stereocenters. The molecule has 0 heterocycles. The SMILES string of the molecule is C=COC.O=C([O-])/C=C\C(=O)O.[Na+]. The van der Waals surface area contributed by atoms with Gasteiger partial charge in [-0.25, -0.2) is 4.79 Å². The van der Waals surface area contributed by atoms with E-state index in [2.05, 4.69) is 11.3 Å². The van der Waals surface area contributed by atoms with Gasteiger partial charge in [-0.05, 0) is 6.08 Å². The van der Waals surface area contributed by atoms with Crippen LogP contribution in [-0.4, -0.2) is 24.2 Å². The molecule has 13 heavy (non-hydrogen) atoms. The van der Waals surface area contributed by atoms with Crippen LogP contribution in [0.25, 0.3) is 0 Å². The molecule has 6 heteroatoms. The molecule has 0 aliphatic rings. The molecule has 0 bridgehead atoms. The molecule has 68 valence electrons. The third kappa shape index (κ3) is 35.0. The van der Waals surface area contributed by atoms with Gasteiger partial charge in [0.15, 0.2) is 0 Å². The van der Waals surface area contributed by atoms with Gasteiger partial charge in [-0.15, -0.1) is 0 Å². The van der Waals surface area contributed by atoms with Crippen molar-refractivity contribution in [2.45, 2.75) is 0 Å². The maximum atomic E-state index is 9.53. The first-order valence-corrected chi connectivity index (χ1v) is 2.80. The Hall–Kier alpha value is -0.780. The summed E-state index contributed by atoms with van der Waals surface area (Å²) in [7, 11) is 1.56. The number of carbonyl (C=O) groups excluding carboxylic acids is 1. The summed E-state index contributed by atoms with van der Waals surface area (Å²) >= 11 is 0. The maximum absolute atomic E-state index is 9.53. The summed E-state index contributed by atoms with van der Waals surface area (Å²) in [5, 5.41) is 17.2. The molecule has 0 saturated carbocycles. The number of aliphatic carboxylic acids is 2. The fraction of sp³-hybridized carbons (Fsp3) is 0.143. The van der Waals surface area contributed by atoms with Crippen LogP contribution in [0.15, 0.2) is 25.0 Å². The van der Waals surface area contributed by atoms with Crippen LogP contribution in [0.2, 0.25) is 0 Å². The monoisotopic (exact) mass is 196 g/mol. The van der Waals surface area contributed by atoms with Crippen molar-refractivity contribution in [2.24, 2.45) is 0 Å². The summed E-state index contributed by atoms with van der Waals surface area (Å²) in [6.07, 6.45) is 2.32. The Morgan fingerprint density at radius 1 is 1.46 bits per heavy atom. The second-order valence-electron chi connectivity index (χ2n) is 1.39. The molecular weight excluding hydrogens is 187 g/mol. The van der Waals surface area contributed by atoms with Crippen molar-refractivity contribution in [3.63, 3.8) is 0 Å². The van der Waals surface area contributed by atoms with Gasteiger partial charge in [-0.2, -0.15) is 0 Å². The number of hydrogen-bond acceptors (Lipinski definition) is 4. The molecule has 0 fully saturated rings. The second-order valence-corrected chi connectivity index (χ2v) is 1.39. The van der Waals surface area contributed by atoms with Crippen LogP contribution in [0.4, 0.5) is 0 Å². The molecule has 5 nitrogen and oxygen atoms in total. The van der Waals surface area contributed by atoms with E-state index in [4.69, 9.17) is 5.11 Å². The molecule has 0 unspecified atom stereocenters. The van der Waals surface area contributed by atoms with Crippen molar-refractivity contribution in [3.05, 3.63) is 25.0 Å². The second kappa shape index (κ2) is 13.8. The molecule has 0 aromatic rings. The zero-order chi connectivity index (χ0) is 9.98. The topological polar surface area (TPSA) is 86.7 Å². The van der Waals surface area contributed by atoms with Crippen LogP contribution in [0.3, 0.4) is 0 Å². The number of carboxylic acids is 2. The number of methoxy groups -OCH3 is 1. The molecule has 0 aliphatic carbocycles. The molecule has 0 spiro atoms. The van der Waals surface area contributed by atoms with Gasteiger partial charge >= 0.3 is 35.5 Å². The Morgan fingerprint density at radius 2 is 1.85 bits per heavy atom. The van der Waals surface area contributed by atoms with E-state index < -0.39 is 11.9 Å². The molecule has 0 aliphatic heterocycles. The number of rotatable bonds is 3.